The van der Waals surface area contributed by atoms with E-state index in [1.54, 1.807) is 0 Å². The molecule has 0 saturated carbocycles. The van der Waals surface area contributed by atoms with Crippen LogP contribution in [0.3, 0.4) is 0 Å². The summed E-state index contributed by atoms with van der Waals surface area (Å²) in [6, 6.07) is 17.0. The van der Waals surface area contributed by atoms with Gasteiger partial charge in [0.2, 0.25) is 0 Å². The summed E-state index contributed by atoms with van der Waals surface area (Å²) >= 11 is 0. The Balaban J connectivity index is 2.12. The third kappa shape index (κ3) is 2.43. The summed E-state index contributed by atoms with van der Waals surface area (Å²) in [5, 5.41) is 4.38. The molecule has 3 rings (SSSR count). The lowest BCUT2D eigenvalue weighted by molar-refractivity contribution is 0.818. The minimum Gasteiger partial charge on any atom is -0.316 e. The third-order valence-electron chi connectivity index (χ3n) is 3.58. The molecule has 3 aromatic rings. The maximum atomic E-state index is 4.56. The third-order valence-corrected chi connectivity index (χ3v) is 3.58. The van der Waals surface area contributed by atoms with Crippen molar-refractivity contribution in [1.29, 1.82) is 0 Å². The van der Waals surface area contributed by atoms with Crippen LogP contribution >= 0.6 is 0 Å². The van der Waals surface area contributed by atoms with E-state index in [-0.39, 0.29) is 0 Å². The highest BCUT2D eigenvalue weighted by molar-refractivity contribution is 5.84. The van der Waals surface area contributed by atoms with Crippen molar-refractivity contribution in [3.63, 3.8) is 0 Å². The Morgan fingerprint density at radius 2 is 1.90 bits per heavy atom. The number of nitrogens with one attached hydrogen (secondary N) is 1. The Kier molecular flexibility index (Phi) is 3.48. The standard InChI is InChI=1S/C18H18N2/c1-13-7-8-14(11-19-2)9-17(13)16-10-15-5-3-4-6-18(15)20-12-16/h3-10,12,19H,11H2,1-2H3. The first kappa shape index (κ1) is 12.8. The van der Waals surface area contributed by atoms with Crippen molar-refractivity contribution < 1.29 is 0 Å². The lowest BCUT2D eigenvalue weighted by Gasteiger charge is -2.10. The molecule has 2 heteroatoms. The van der Waals surface area contributed by atoms with Crippen molar-refractivity contribution in [2.75, 3.05) is 7.05 Å². The molecule has 0 saturated heterocycles. The number of fused-ring (bicyclic) bond motifs is 1. The lowest BCUT2D eigenvalue weighted by Crippen LogP contribution is -2.05. The number of hydrogen-bond acceptors (Lipinski definition) is 2. The van der Waals surface area contributed by atoms with Crippen molar-refractivity contribution in [3.05, 3.63) is 65.9 Å². The Morgan fingerprint density at radius 1 is 1.05 bits per heavy atom. The topological polar surface area (TPSA) is 24.9 Å². The first-order chi connectivity index (χ1) is 9.78. The average molecular weight is 262 g/mol. The minimum absolute atomic E-state index is 0.883. The lowest BCUT2D eigenvalue weighted by atomic mass is 9.98. The number of rotatable bonds is 3. The van der Waals surface area contributed by atoms with Crippen LogP contribution in [0.4, 0.5) is 0 Å². The van der Waals surface area contributed by atoms with Crippen LogP contribution in [-0.4, -0.2) is 12.0 Å². The van der Waals surface area contributed by atoms with Crippen LogP contribution in [0.15, 0.2) is 54.7 Å². The maximum absolute atomic E-state index is 4.56. The maximum Gasteiger partial charge on any atom is 0.0702 e. The average Bonchev–Trinajstić information content (AvgIpc) is 2.49. The minimum atomic E-state index is 0.883. The van der Waals surface area contributed by atoms with Crippen LogP contribution in [0.1, 0.15) is 11.1 Å². The van der Waals surface area contributed by atoms with Crippen LogP contribution in [0.5, 0.6) is 0 Å². The molecule has 1 aromatic heterocycles. The van der Waals surface area contributed by atoms with Gasteiger partial charge in [-0.25, -0.2) is 0 Å². The zero-order valence-corrected chi connectivity index (χ0v) is 11.9. The second-order valence-electron chi connectivity index (χ2n) is 5.10. The number of pyridine rings is 1. The number of nitrogens with zero attached hydrogens (tertiary/aromatic N) is 1. The molecule has 1 heterocycles. The molecule has 0 aliphatic heterocycles. The van der Waals surface area contributed by atoms with Crippen molar-refractivity contribution in [3.8, 4) is 11.1 Å². The smallest absolute Gasteiger partial charge is 0.0702 e. The van der Waals surface area contributed by atoms with Gasteiger partial charge < -0.3 is 5.32 Å². The van der Waals surface area contributed by atoms with Gasteiger partial charge in [0.05, 0.1) is 5.52 Å². The number of aromatic nitrogens is 1. The second-order valence-corrected chi connectivity index (χ2v) is 5.10. The van der Waals surface area contributed by atoms with Gasteiger partial charge in [-0.3, -0.25) is 4.98 Å². The Bertz CT molecular complexity index is 747. The molecule has 0 unspecified atom stereocenters. The van der Waals surface area contributed by atoms with Crippen LogP contribution in [0, 0.1) is 6.92 Å². The van der Waals surface area contributed by atoms with E-state index in [0.29, 0.717) is 0 Å². The molecule has 0 spiro atoms. The molecule has 0 radical (unpaired) electrons. The number of aryl methyl sites for hydroxylation is 1. The Morgan fingerprint density at radius 3 is 2.75 bits per heavy atom. The van der Waals surface area contributed by atoms with Crippen molar-refractivity contribution in [2.45, 2.75) is 13.5 Å². The molecule has 100 valence electrons. The molecule has 2 aromatic carbocycles. The fraction of sp³-hybridized carbons (Fsp3) is 0.167. The Hall–Kier alpha value is -2.19. The highest BCUT2D eigenvalue weighted by Crippen LogP contribution is 2.26. The van der Waals surface area contributed by atoms with Crippen LogP contribution in [-0.2, 0) is 6.54 Å². The molecule has 0 atom stereocenters. The van der Waals surface area contributed by atoms with Gasteiger partial charge in [0.25, 0.3) is 0 Å². The number of hydrogen-bond donors (Lipinski definition) is 1. The molecule has 0 aliphatic rings. The van der Waals surface area contributed by atoms with Gasteiger partial charge in [-0.05, 0) is 48.9 Å². The van der Waals surface area contributed by atoms with Crippen LogP contribution in [0.25, 0.3) is 22.0 Å². The molecule has 0 bridgehead atoms. The molecule has 2 nitrogen and oxygen atoms in total. The first-order valence-electron chi connectivity index (χ1n) is 6.87. The molecule has 1 N–H and O–H groups in total. The monoisotopic (exact) mass is 262 g/mol. The molecular weight excluding hydrogens is 244 g/mol. The van der Waals surface area contributed by atoms with Gasteiger partial charge in [0.1, 0.15) is 0 Å². The predicted octanol–water partition coefficient (Wildman–Crippen LogP) is 3.93. The quantitative estimate of drug-likeness (QED) is 0.773. The summed E-state index contributed by atoms with van der Waals surface area (Å²) in [5.41, 5.74) is 6.05. The van der Waals surface area contributed by atoms with Crippen molar-refractivity contribution in [2.24, 2.45) is 0 Å². The normalized spacial score (nSPS) is 10.9. The van der Waals surface area contributed by atoms with Crippen molar-refractivity contribution >= 4 is 10.9 Å². The van der Waals surface area contributed by atoms with Crippen molar-refractivity contribution in [1.82, 2.24) is 10.3 Å². The van der Waals surface area contributed by atoms with E-state index in [9.17, 15) is 0 Å². The summed E-state index contributed by atoms with van der Waals surface area (Å²) in [7, 11) is 1.97. The van der Waals surface area contributed by atoms with E-state index in [0.717, 1.165) is 12.1 Å². The second kappa shape index (κ2) is 5.43. The van der Waals surface area contributed by atoms with Gasteiger partial charge in [-0.1, -0.05) is 30.3 Å². The predicted molar refractivity (Wildman–Crippen MR) is 84.7 cm³/mol. The van der Waals surface area contributed by atoms with Gasteiger partial charge in [-0.15, -0.1) is 0 Å². The summed E-state index contributed by atoms with van der Waals surface area (Å²) < 4.78 is 0. The molecule has 0 aliphatic carbocycles. The van der Waals surface area contributed by atoms with Gasteiger partial charge >= 0.3 is 0 Å². The number of para-hydroxylation sites is 1. The highest BCUT2D eigenvalue weighted by Gasteiger charge is 2.05. The SMILES string of the molecule is CNCc1ccc(C)c(-c2cnc3ccccc3c2)c1. The van der Waals surface area contributed by atoms with Gasteiger partial charge in [-0.2, -0.15) is 0 Å². The summed E-state index contributed by atoms with van der Waals surface area (Å²) in [6.45, 7) is 3.03. The molecular formula is C18H18N2. The summed E-state index contributed by atoms with van der Waals surface area (Å²) in [6.07, 6.45) is 1.97. The molecule has 0 fully saturated rings. The summed E-state index contributed by atoms with van der Waals surface area (Å²) in [4.78, 5) is 4.56. The first-order valence-corrected chi connectivity index (χ1v) is 6.87. The van der Waals surface area contributed by atoms with Crippen LogP contribution < -0.4 is 5.32 Å². The summed E-state index contributed by atoms with van der Waals surface area (Å²) in [5.74, 6) is 0. The molecule has 20 heavy (non-hydrogen) atoms. The van der Waals surface area contributed by atoms with E-state index >= 15 is 0 Å². The van der Waals surface area contributed by atoms with E-state index in [4.69, 9.17) is 0 Å². The molecule has 0 amide bonds. The zero-order chi connectivity index (χ0) is 13.9. The van der Waals surface area contributed by atoms with E-state index in [1.165, 1.54) is 27.6 Å². The highest BCUT2D eigenvalue weighted by atomic mass is 14.8. The zero-order valence-electron chi connectivity index (χ0n) is 11.9. The fourth-order valence-electron chi connectivity index (χ4n) is 2.51. The number of benzene rings is 2. The van der Waals surface area contributed by atoms with Crippen LogP contribution in [0.2, 0.25) is 0 Å². The Labute approximate surface area is 119 Å². The van der Waals surface area contributed by atoms with E-state index in [1.807, 2.05) is 25.4 Å². The van der Waals surface area contributed by atoms with Gasteiger partial charge in [0.15, 0.2) is 0 Å². The largest absolute Gasteiger partial charge is 0.316 e. The fourth-order valence-corrected chi connectivity index (χ4v) is 2.51. The van der Waals surface area contributed by atoms with E-state index < -0.39 is 0 Å². The van der Waals surface area contributed by atoms with E-state index in [2.05, 4.69) is 53.6 Å². The van der Waals surface area contributed by atoms with Gasteiger partial charge in [0, 0.05) is 23.7 Å².